The molecule has 2 nitrogen and oxygen atoms in total. The highest BCUT2D eigenvalue weighted by atomic mass is 35.5. The summed E-state index contributed by atoms with van der Waals surface area (Å²) in [5.74, 6) is 0.768. The number of hydrogen-bond acceptors (Lipinski definition) is 2. The van der Waals surface area contributed by atoms with Gasteiger partial charge in [0.05, 0.1) is 11.6 Å². The van der Waals surface area contributed by atoms with Gasteiger partial charge in [-0.1, -0.05) is 29.3 Å². The SMILES string of the molecule is Cc1cc(Cl)ccc1OCc1ccc(C#N)cc1Cl. The predicted molar refractivity (Wildman–Crippen MR) is 76.7 cm³/mol. The van der Waals surface area contributed by atoms with E-state index in [-0.39, 0.29) is 0 Å². The van der Waals surface area contributed by atoms with E-state index < -0.39 is 0 Å². The zero-order chi connectivity index (χ0) is 13.8. The maximum Gasteiger partial charge on any atom is 0.122 e. The Bertz CT molecular complexity index is 647. The molecule has 0 atom stereocenters. The van der Waals surface area contributed by atoms with Gasteiger partial charge in [0.15, 0.2) is 0 Å². The van der Waals surface area contributed by atoms with Crippen molar-refractivity contribution < 1.29 is 4.74 Å². The molecule has 0 aliphatic carbocycles. The fourth-order valence-electron chi connectivity index (χ4n) is 1.66. The van der Waals surface area contributed by atoms with Gasteiger partial charge in [-0.05, 0) is 42.8 Å². The summed E-state index contributed by atoms with van der Waals surface area (Å²) in [6.45, 7) is 2.29. The first-order chi connectivity index (χ1) is 9.10. The van der Waals surface area contributed by atoms with Crippen molar-refractivity contribution in [1.82, 2.24) is 0 Å². The van der Waals surface area contributed by atoms with Crippen molar-refractivity contribution in [3.63, 3.8) is 0 Å². The summed E-state index contributed by atoms with van der Waals surface area (Å²) in [7, 11) is 0. The van der Waals surface area contributed by atoms with Gasteiger partial charge in [-0.25, -0.2) is 0 Å². The minimum absolute atomic E-state index is 0.354. The number of hydrogen-bond donors (Lipinski definition) is 0. The average molecular weight is 292 g/mol. The van der Waals surface area contributed by atoms with Gasteiger partial charge in [0.25, 0.3) is 0 Å². The molecule has 2 rings (SSSR count). The summed E-state index contributed by atoms with van der Waals surface area (Å²) >= 11 is 12.0. The molecule has 0 N–H and O–H groups in total. The fraction of sp³-hybridized carbons (Fsp3) is 0.133. The molecule has 96 valence electrons. The molecule has 0 aromatic heterocycles. The summed E-state index contributed by atoms with van der Waals surface area (Å²) in [4.78, 5) is 0. The second-order valence-corrected chi connectivity index (χ2v) is 4.96. The van der Waals surface area contributed by atoms with Crippen LogP contribution < -0.4 is 4.74 Å². The third-order valence-corrected chi connectivity index (χ3v) is 3.29. The van der Waals surface area contributed by atoms with E-state index in [0.717, 1.165) is 16.9 Å². The molecule has 19 heavy (non-hydrogen) atoms. The van der Waals surface area contributed by atoms with Crippen molar-refractivity contribution in [1.29, 1.82) is 5.26 Å². The van der Waals surface area contributed by atoms with E-state index in [0.29, 0.717) is 22.2 Å². The highest BCUT2D eigenvalue weighted by Crippen LogP contribution is 2.24. The van der Waals surface area contributed by atoms with Crippen LogP contribution in [-0.2, 0) is 6.61 Å². The van der Waals surface area contributed by atoms with E-state index in [4.69, 9.17) is 33.2 Å². The van der Waals surface area contributed by atoms with Gasteiger partial charge in [0, 0.05) is 15.6 Å². The van der Waals surface area contributed by atoms with Gasteiger partial charge in [0.2, 0.25) is 0 Å². The predicted octanol–water partition coefficient (Wildman–Crippen LogP) is 4.75. The maximum absolute atomic E-state index is 8.77. The van der Waals surface area contributed by atoms with Gasteiger partial charge in [0.1, 0.15) is 12.4 Å². The van der Waals surface area contributed by atoms with Crippen LogP contribution in [0.1, 0.15) is 16.7 Å². The highest BCUT2D eigenvalue weighted by Gasteiger charge is 2.05. The molecule has 2 aromatic rings. The van der Waals surface area contributed by atoms with Gasteiger partial charge < -0.3 is 4.74 Å². The van der Waals surface area contributed by atoms with Crippen molar-refractivity contribution in [2.45, 2.75) is 13.5 Å². The third-order valence-electron chi connectivity index (χ3n) is 2.70. The van der Waals surface area contributed by atoms with Gasteiger partial charge in [-0.2, -0.15) is 5.26 Å². The minimum Gasteiger partial charge on any atom is -0.489 e. The first-order valence-electron chi connectivity index (χ1n) is 5.67. The molecule has 0 spiro atoms. The van der Waals surface area contributed by atoms with Crippen molar-refractivity contribution in [3.8, 4) is 11.8 Å². The van der Waals surface area contributed by atoms with Crippen LogP contribution in [0.15, 0.2) is 36.4 Å². The van der Waals surface area contributed by atoms with Crippen LogP contribution in [0.3, 0.4) is 0 Å². The largest absolute Gasteiger partial charge is 0.489 e. The monoisotopic (exact) mass is 291 g/mol. The first-order valence-corrected chi connectivity index (χ1v) is 6.43. The topological polar surface area (TPSA) is 33.0 Å². The molecule has 0 radical (unpaired) electrons. The van der Waals surface area contributed by atoms with E-state index in [1.54, 1.807) is 24.3 Å². The molecule has 0 amide bonds. The van der Waals surface area contributed by atoms with Crippen LogP contribution in [0, 0.1) is 18.3 Å². The van der Waals surface area contributed by atoms with Crippen LogP contribution in [0.5, 0.6) is 5.75 Å². The number of aryl methyl sites for hydroxylation is 1. The summed E-state index contributed by atoms with van der Waals surface area (Å²) < 4.78 is 5.71. The Labute approximate surface area is 122 Å². The Kier molecular flexibility index (Phi) is 4.31. The van der Waals surface area contributed by atoms with Gasteiger partial charge in [-0.15, -0.1) is 0 Å². The average Bonchev–Trinajstić information content (AvgIpc) is 2.39. The fourth-order valence-corrected chi connectivity index (χ4v) is 2.13. The molecule has 0 aliphatic rings. The van der Waals surface area contributed by atoms with Crippen molar-refractivity contribution in [3.05, 3.63) is 63.1 Å². The van der Waals surface area contributed by atoms with Gasteiger partial charge in [-0.3, -0.25) is 0 Å². The van der Waals surface area contributed by atoms with Crippen LogP contribution in [-0.4, -0.2) is 0 Å². The Balaban J connectivity index is 2.13. The number of nitriles is 1. The third kappa shape index (κ3) is 3.41. The Morgan fingerprint density at radius 1 is 1.16 bits per heavy atom. The molecule has 0 saturated carbocycles. The van der Waals surface area contributed by atoms with Crippen LogP contribution in [0.25, 0.3) is 0 Å². The standard InChI is InChI=1S/C15H11Cl2NO/c1-10-6-13(16)4-5-15(10)19-9-12-3-2-11(8-18)7-14(12)17/h2-7H,9H2,1H3. The summed E-state index contributed by atoms with van der Waals surface area (Å²) in [6, 6.07) is 12.7. The lowest BCUT2D eigenvalue weighted by Gasteiger charge is -2.10. The Hall–Kier alpha value is -1.69. The van der Waals surface area contributed by atoms with E-state index in [1.165, 1.54) is 0 Å². The lowest BCUT2D eigenvalue weighted by Crippen LogP contribution is -1.98. The number of rotatable bonds is 3. The number of benzene rings is 2. The lowest BCUT2D eigenvalue weighted by atomic mass is 10.1. The molecule has 4 heteroatoms. The number of nitrogens with zero attached hydrogens (tertiary/aromatic N) is 1. The molecular weight excluding hydrogens is 281 g/mol. The smallest absolute Gasteiger partial charge is 0.122 e. The number of halogens is 2. The molecule has 0 aliphatic heterocycles. The van der Waals surface area contributed by atoms with Crippen LogP contribution in [0.4, 0.5) is 0 Å². The summed E-state index contributed by atoms with van der Waals surface area (Å²) in [5, 5.41) is 9.99. The lowest BCUT2D eigenvalue weighted by molar-refractivity contribution is 0.304. The zero-order valence-electron chi connectivity index (χ0n) is 10.3. The van der Waals surface area contributed by atoms with Crippen LogP contribution >= 0.6 is 23.2 Å². The Morgan fingerprint density at radius 3 is 2.58 bits per heavy atom. The first kappa shape index (κ1) is 13.7. The second-order valence-electron chi connectivity index (χ2n) is 4.12. The van der Waals surface area contributed by atoms with Gasteiger partial charge >= 0.3 is 0 Å². The molecule has 2 aromatic carbocycles. The molecule has 0 bridgehead atoms. The molecular formula is C15H11Cl2NO. The molecule has 0 saturated heterocycles. The normalized spacial score (nSPS) is 10.0. The minimum atomic E-state index is 0.354. The summed E-state index contributed by atoms with van der Waals surface area (Å²) in [6.07, 6.45) is 0. The van der Waals surface area contributed by atoms with E-state index in [9.17, 15) is 0 Å². The second kappa shape index (κ2) is 5.97. The highest BCUT2D eigenvalue weighted by molar-refractivity contribution is 6.31. The van der Waals surface area contributed by atoms with Crippen molar-refractivity contribution >= 4 is 23.2 Å². The quantitative estimate of drug-likeness (QED) is 0.817. The zero-order valence-corrected chi connectivity index (χ0v) is 11.8. The van der Waals surface area contributed by atoms with E-state index >= 15 is 0 Å². The molecule has 0 fully saturated rings. The molecule has 0 unspecified atom stereocenters. The summed E-state index contributed by atoms with van der Waals surface area (Å²) in [5.41, 5.74) is 2.35. The Morgan fingerprint density at radius 2 is 1.95 bits per heavy atom. The molecule has 0 heterocycles. The van der Waals surface area contributed by atoms with Crippen LogP contribution in [0.2, 0.25) is 10.0 Å². The van der Waals surface area contributed by atoms with E-state index in [2.05, 4.69) is 0 Å². The van der Waals surface area contributed by atoms with E-state index in [1.807, 2.05) is 25.1 Å². The van der Waals surface area contributed by atoms with Crippen molar-refractivity contribution in [2.24, 2.45) is 0 Å². The van der Waals surface area contributed by atoms with Crippen molar-refractivity contribution in [2.75, 3.05) is 0 Å². The number of ether oxygens (including phenoxy) is 1. The maximum atomic E-state index is 8.77.